The van der Waals surface area contributed by atoms with Gasteiger partial charge in [-0.1, -0.05) is 76.1 Å². The molecule has 8 heteroatoms. The van der Waals surface area contributed by atoms with Gasteiger partial charge >= 0.3 is 5.97 Å². The van der Waals surface area contributed by atoms with E-state index in [1.165, 1.54) is 0 Å². The standard InChI is InChI=1S/C30H23BrCl2N2O3/c31-20-13-15-21(16-14-20)37-18-17-35-27-12-6-5-11-26(27)34-29(35)19-28(22-7-1-3-9-24(22)32)38-30(36)23-8-2-4-10-25(23)33/h1-16,19,23,25H,17-18H2/b28-19+. The number of aromatic nitrogens is 2. The highest BCUT2D eigenvalue weighted by atomic mass is 79.9. The van der Waals surface area contributed by atoms with Crippen LogP contribution in [0.25, 0.3) is 22.9 Å². The van der Waals surface area contributed by atoms with E-state index in [1.807, 2.05) is 71.3 Å². The zero-order chi connectivity index (χ0) is 26.5. The number of ether oxygens (including phenoxy) is 2. The van der Waals surface area contributed by atoms with Crippen LogP contribution < -0.4 is 4.74 Å². The zero-order valence-electron chi connectivity index (χ0n) is 20.1. The molecule has 0 radical (unpaired) electrons. The number of allylic oxidation sites excluding steroid dienone is 3. The quantitative estimate of drug-likeness (QED) is 0.116. The van der Waals surface area contributed by atoms with Crippen LogP contribution in [0.4, 0.5) is 0 Å². The fraction of sp³-hybridized carbons (Fsp3) is 0.133. The normalized spacial score (nSPS) is 17.1. The Kier molecular flexibility index (Phi) is 8.32. The summed E-state index contributed by atoms with van der Waals surface area (Å²) < 4.78 is 14.9. The van der Waals surface area contributed by atoms with E-state index in [-0.39, 0.29) is 5.76 Å². The van der Waals surface area contributed by atoms with Crippen molar-refractivity contribution in [3.8, 4) is 5.75 Å². The maximum atomic E-state index is 13.2. The number of hydrogen-bond donors (Lipinski definition) is 0. The number of alkyl halides is 1. The lowest BCUT2D eigenvalue weighted by Crippen LogP contribution is -2.24. The molecule has 1 aromatic heterocycles. The Morgan fingerprint density at radius 2 is 1.74 bits per heavy atom. The molecule has 1 heterocycles. The van der Waals surface area contributed by atoms with Crippen LogP contribution in [-0.4, -0.2) is 27.5 Å². The first-order valence-corrected chi connectivity index (χ1v) is 13.6. The van der Waals surface area contributed by atoms with E-state index < -0.39 is 17.3 Å². The molecule has 0 saturated carbocycles. The van der Waals surface area contributed by atoms with Gasteiger partial charge in [0.25, 0.3) is 0 Å². The molecule has 0 fully saturated rings. The van der Waals surface area contributed by atoms with Crippen LogP contribution in [0.1, 0.15) is 11.4 Å². The summed E-state index contributed by atoms with van der Waals surface area (Å²) in [4.78, 5) is 18.0. The molecule has 2 atom stereocenters. The summed E-state index contributed by atoms with van der Waals surface area (Å²) in [5, 5.41) is -0.0467. The molecule has 5 rings (SSSR count). The fourth-order valence-corrected chi connectivity index (χ4v) is 4.89. The van der Waals surface area contributed by atoms with Crippen molar-refractivity contribution in [1.29, 1.82) is 0 Å². The third kappa shape index (κ3) is 6.04. The number of fused-ring (bicyclic) bond motifs is 1. The number of imidazole rings is 1. The molecule has 0 amide bonds. The highest BCUT2D eigenvalue weighted by Crippen LogP contribution is 2.30. The molecule has 192 valence electrons. The average Bonchev–Trinajstić information content (AvgIpc) is 3.27. The number of hydrogen-bond acceptors (Lipinski definition) is 4. The summed E-state index contributed by atoms with van der Waals surface area (Å²) in [5.41, 5.74) is 2.33. The van der Waals surface area contributed by atoms with Crippen molar-refractivity contribution in [1.82, 2.24) is 9.55 Å². The first-order valence-electron chi connectivity index (χ1n) is 12.0. The molecule has 5 nitrogen and oxygen atoms in total. The van der Waals surface area contributed by atoms with E-state index in [1.54, 1.807) is 36.4 Å². The fourth-order valence-electron chi connectivity index (χ4n) is 4.13. The van der Waals surface area contributed by atoms with Gasteiger partial charge in [0.2, 0.25) is 0 Å². The number of carbonyl (C=O) groups excluding carboxylic acids is 1. The van der Waals surface area contributed by atoms with Gasteiger partial charge in [0.05, 0.1) is 33.9 Å². The Morgan fingerprint density at radius 3 is 2.53 bits per heavy atom. The maximum absolute atomic E-state index is 13.2. The molecule has 0 aliphatic heterocycles. The Morgan fingerprint density at radius 1 is 1.00 bits per heavy atom. The van der Waals surface area contributed by atoms with Crippen molar-refractivity contribution in [2.45, 2.75) is 11.9 Å². The van der Waals surface area contributed by atoms with Gasteiger partial charge in [-0.15, -0.1) is 11.6 Å². The second-order valence-corrected chi connectivity index (χ2v) is 10.4. The SMILES string of the molecule is O=C(O/C(=C/c1nc2ccccc2n1CCOc1ccc(Br)cc1)c1ccccc1Cl)C1C=CC=CC1Cl. The lowest BCUT2D eigenvalue weighted by atomic mass is 10.0. The lowest BCUT2D eigenvalue weighted by Gasteiger charge is -2.19. The van der Waals surface area contributed by atoms with Crippen molar-refractivity contribution >= 4 is 68.0 Å². The summed E-state index contributed by atoms with van der Waals surface area (Å²) in [6.07, 6.45) is 8.83. The number of esters is 1. The topological polar surface area (TPSA) is 53.3 Å². The van der Waals surface area contributed by atoms with Crippen LogP contribution in [0.5, 0.6) is 5.75 Å². The van der Waals surface area contributed by atoms with Crippen LogP contribution in [-0.2, 0) is 16.1 Å². The molecule has 0 saturated heterocycles. The maximum Gasteiger partial charge on any atom is 0.320 e. The first kappa shape index (κ1) is 26.3. The van der Waals surface area contributed by atoms with Gasteiger partial charge in [-0.05, 0) is 48.5 Å². The monoisotopic (exact) mass is 608 g/mol. The third-order valence-electron chi connectivity index (χ3n) is 6.03. The molecule has 1 aliphatic carbocycles. The second-order valence-electron chi connectivity index (χ2n) is 8.56. The van der Waals surface area contributed by atoms with Gasteiger partial charge in [-0.2, -0.15) is 0 Å². The Bertz CT molecular complexity index is 1540. The van der Waals surface area contributed by atoms with E-state index >= 15 is 0 Å². The predicted octanol–water partition coefficient (Wildman–Crippen LogP) is 7.92. The molecule has 4 aromatic rings. The highest BCUT2D eigenvalue weighted by molar-refractivity contribution is 9.10. The van der Waals surface area contributed by atoms with Crippen molar-refractivity contribution in [3.05, 3.63) is 118 Å². The molecule has 38 heavy (non-hydrogen) atoms. The number of carbonyl (C=O) groups is 1. The second kappa shape index (κ2) is 12.0. The van der Waals surface area contributed by atoms with Gasteiger partial charge in [-0.25, -0.2) is 4.98 Å². The van der Waals surface area contributed by atoms with Crippen molar-refractivity contribution in [2.24, 2.45) is 5.92 Å². The van der Waals surface area contributed by atoms with Crippen molar-refractivity contribution < 1.29 is 14.3 Å². The van der Waals surface area contributed by atoms with Gasteiger partial charge in [0, 0.05) is 16.1 Å². The minimum Gasteiger partial charge on any atom is -0.492 e. The van der Waals surface area contributed by atoms with E-state index in [2.05, 4.69) is 15.9 Å². The Labute approximate surface area is 239 Å². The highest BCUT2D eigenvalue weighted by Gasteiger charge is 2.27. The summed E-state index contributed by atoms with van der Waals surface area (Å²) in [5.74, 6) is 0.571. The Hall–Kier alpha value is -3.32. The molecule has 0 bridgehead atoms. The molecule has 1 aliphatic rings. The van der Waals surface area contributed by atoms with Gasteiger partial charge in [0.1, 0.15) is 23.9 Å². The largest absolute Gasteiger partial charge is 0.492 e. The van der Waals surface area contributed by atoms with Crippen LogP contribution in [0.15, 0.2) is 102 Å². The van der Waals surface area contributed by atoms with Gasteiger partial charge in [-0.3, -0.25) is 4.79 Å². The van der Waals surface area contributed by atoms with E-state index in [0.717, 1.165) is 21.3 Å². The zero-order valence-corrected chi connectivity index (χ0v) is 23.2. The number of benzene rings is 3. The van der Waals surface area contributed by atoms with Crippen molar-refractivity contribution in [3.63, 3.8) is 0 Å². The van der Waals surface area contributed by atoms with Crippen LogP contribution in [0.2, 0.25) is 5.02 Å². The lowest BCUT2D eigenvalue weighted by molar-refractivity contribution is -0.139. The summed E-state index contributed by atoms with van der Waals surface area (Å²) in [6.45, 7) is 0.934. The van der Waals surface area contributed by atoms with Crippen LogP contribution in [0, 0.1) is 5.92 Å². The molecular weight excluding hydrogens is 587 g/mol. The van der Waals surface area contributed by atoms with Gasteiger partial charge < -0.3 is 14.0 Å². The molecule has 0 N–H and O–H groups in total. The predicted molar refractivity (Wildman–Crippen MR) is 156 cm³/mol. The average molecular weight is 610 g/mol. The summed E-state index contributed by atoms with van der Waals surface area (Å²) >= 11 is 16.3. The number of rotatable bonds is 8. The molecular formula is C30H23BrCl2N2O3. The van der Waals surface area contributed by atoms with Crippen molar-refractivity contribution in [2.75, 3.05) is 6.61 Å². The van der Waals surface area contributed by atoms with Crippen LogP contribution >= 0.6 is 39.1 Å². The summed E-state index contributed by atoms with van der Waals surface area (Å²) in [6, 6.07) is 22.7. The van der Waals surface area contributed by atoms with E-state index in [4.69, 9.17) is 37.7 Å². The Balaban J connectivity index is 1.50. The number of para-hydroxylation sites is 2. The van der Waals surface area contributed by atoms with E-state index in [9.17, 15) is 4.79 Å². The molecule has 0 spiro atoms. The van der Waals surface area contributed by atoms with Gasteiger partial charge in [0.15, 0.2) is 0 Å². The van der Waals surface area contributed by atoms with E-state index in [0.29, 0.717) is 29.6 Å². The molecule has 2 unspecified atom stereocenters. The minimum atomic E-state index is -0.620. The third-order valence-corrected chi connectivity index (χ3v) is 7.31. The summed E-state index contributed by atoms with van der Waals surface area (Å²) in [7, 11) is 0. The smallest absolute Gasteiger partial charge is 0.320 e. The molecule has 3 aromatic carbocycles. The first-order chi connectivity index (χ1) is 18.5. The number of nitrogens with zero attached hydrogens (tertiary/aromatic N) is 2. The van der Waals surface area contributed by atoms with Crippen LogP contribution in [0.3, 0.4) is 0 Å². The number of halogens is 3. The minimum absolute atomic E-state index is 0.290.